The Bertz CT molecular complexity index is 479. The molecule has 1 rings (SSSR count). The summed E-state index contributed by atoms with van der Waals surface area (Å²) in [5.74, 6) is -0.860. The normalized spacial score (nSPS) is 9.79. The average molecular weight is 264 g/mol. The number of hydrogen-bond donors (Lipinski definition) is 0. The fourth-order valence-electron chi connectivity index (χ4n) is 1.60. The minimum Gasteiger partial charge on any atom is -0.469 e. The lowest BCUT2D eigenvalue weighted by atomic mass is 10.0. The first-order valence-electron chi connectivity index (χ1n) is 5.94. The van der Waals surface area contributed by atoms with Gasteiger partial charge in [0.05, 0.1) is 19.3 Å². The highest BCUT2D eigenvalue weighted by Crippen LogP contribution is 2.14. The molecule has 1 aromatic rings. The van der Waals surface area contributed by atoms with E-state index in [-0.39, 0.29) is 30.1 Å². The Morgan fingerprint density at radius 1 is 1.32 bits per heavy atom. The summed E-state index contributed by atoms with van der Waals surface area (Å²) in [6.45, 7) is 1.93. The predicted octanol–water partition coefficient (Wildman–Crippen LogP) is 1.78. The number of esters is 2. The van der Waals surface area contributed by atoms with Crippen LogP contribution in [0.3, 0.4) is 0 Å². The number of rotatable bonds is 6. The smallest absolute Gasteiger partial charge is 0.338 e. The second kappa shape index (κ2) is 7.31. The van der Waals surface area contributed by atoms with Gasteiger partial charge in [0.15, 0.2) is 6.29 Å². The molecule has 0 N–H and O–H groups in total. The monoisotopic (exact) mass is 264 g/mol. The highest BCUT2D eigenvalue weighted by Gasteiger charge is 2.13. The average Bonchev–Trinajstić information content (AvgIpc) is 2.44. The molecule has 0 unspecified atom stereocenters. The maximum atomic E-state index is 11.7. The zero-order valence-corrected chi connectivity index (χ0v) is 11.0. The number of aryl methyl sites for hydroxylation is 1. The quantitative estimate of drug-likeness (QED) is 0.578. The van der Waals surface area contributed by atoms with Gasteiger partial charge in [-0.05, 0) is 25.0 Å². The van der Waals surface area contributed by atoms with Crippen molar-refractivity contribution in [3.63, 3.8) is 0 Å². The van der Waals surface area contributed by atoms with E-state index in [1.54, 1.807) is 25.1 Å². The SMILES string of the molecule is CCOC(=O)c1cc(CCC(=O)OC)ccc1C=O. The fourth-order valence-corrected chi connectivity index (χ4v) is 1.60. The Kier molecular flexibility index (Phi) is 5.73. The first kappa shape index (κ1) is 14.9. The third-order valence-corrected chi connectivity index (χ3v) is 2.59. The van der Waals surface area contributed by atoms with Crippen LogP contribution in [0.1, 0.15) is 39.6 Å². The summed E-state index contributed by atoms with van der Waals surface area (Å²) in [6.07, 6.45) is 1.27. The van der Waals surface area contributed by atoms with Gasteiger partial charge in [0.25, 0.3) is 0 Å². The topological polar surface area (TPSA) is 69.7 Å². The van der Waals surface area contributed by atoms with Gasteiger partial charge in [-0.25, -0.2) is 4.79 Å². The summed E-state index contributed by atoms with van der Waals surface area (Å²) in [5, 5.41) is 0. The molecule has 0 aliphatic rings. The number of methoxy groups -OCH3 is 1. The van der Waals surface area contributed by atoms with Crippen LogP contribution in [-0.2, 0) is 20.7 Å². The van der Waals surface area contributed by atoms with Crippen molar-refractivity contribution in [2.75, 3.05) is 13.7 Å². The third kappa shape index (κ3) is 4.21. The van der Waals surface area contributed by atoms with Gasteiger partial charge in [-0.3, -0.25) is 9.59 Å². The zero-order chi connectivity index (χ0) is 14.3. The van der Waals surface area contributed by atoms with Crippen LogP contribution < -0.4 is 0 Å². The molecule has 0 fully saturated rings. The Morgan fingerprint density at radius 2 is 2.05 bits per heavy atom. The highest BCUT2D eigenvalue weighted by molar-refractivity contribution is 5.98. The molecule has 0 aliphatic carbocycles. The van der Waals surface area contributed by atoms with Crippen LogP contribution in [0.4, 0.5) is 0 Å². The van der Waals surface area contributed by atoms with Crippen molar-refractivity contribution in [2.45, 2.75) is 19.8 Å². The highest BCUT2D eigenvalue weighted by atomic mass is 16.5. The van der Waals surface area contributed by atoms with E-state index in [2.05, 4.69) is 4.74 Å². The van der Waals surface area contributed by atoms with E-state index >= 15 is 0 Å². The molecule has 0 radical (unpaired) electrons. The van der Waals surface area contributed by atoms with Crippen LogP contribution >= 0.6 is 0 Å². The van der Waals surface area contributed by atoms with Gasteiger partial charge < -0.3 is 9.47 Å². The molecule has 5 nitrogen and oxygen atoms in total. The van der Waals surface area contributed by atoms with E-state index in [0.29, 0.717) is 12.7 Å². The van der Waals surface area contributed by atoms with Crippen molar-refractivity contribution in [3.05, 3.63) is 34.9 Å². The number of carbonyl (C=O) groups excluding carboxylic acids is 3. The molecule has 0 spiro atoms. The van der Waals surface area contributed by atoms with E-state index in [0.717, 1.165) is 5.56 Å². The van der Waals surface area contributed by atoms with Crippen molar-refractivity contribution in [1.82, 2.24) is 0 Å². The minimum absolute atomic E-state index is 0.221. The van der Waals surface area contributed by atoms with Crippen molar-refractivity contribution in [2.24, 2.45) is 0 Å². The van der Waals surface area contributed by atoms with E-state index in [9.17, 15) is 14.4 Å². The van der Waals surface area contributed by atoms with Crippen LogP contribution in [0.15, 0.2) is 18.2 Å². The fraction of sp³-hybridized carbons (Fsp3) is 0.357. The van der Waals surface area contributed by atoms with Crippen LogP contribution in [0, 0.1) is 0 Å². The molecule has 0 atom stereocenters. The molecule has 0 heterocycles. The van der Waals surface area contributed by atoms with Gasteiger partial charge in [0.2, 0.25) is 0 Å². The van der Waals surface area contributed by atoms with Crippen LogP contribution in [0.5, 0.6) is 0 Å². The van der Waals surface area contributed by atoms with Crippen LogP contribution in [-0.4, -0.2) is 31.9 Å². The predicted molar refractivity (Wildman–Crippen MR) is 68.1 cm³/mol. The summed E-state index contributed by atoms with van der Waals surface area (Å²) < 4.78 is 9.43. The standard InChI is InChI=1S/C14H16O5/c1-3-19-14(17)12-8-10(4-6-11(12)9-15)5-7-13(16)18-2/h4,6,8-9H,3,5,7H2,1-2H3. The molecule has 0 bridgehead atoms. The molecular formula is C14H16O5. The summed E-state index contributed by atoms with van der Waals surface area (Å²) in [7, 11) is 1.32. The first-order chi connectivity index (χ1) is 9.12. The molecule has 0 saturated heterocycles. The van der Waals surface area contributed by atoms with Crippen LogP contribution in [0.25, 0.3) is 0 Å². The lowest BCUT2D eigenvalue weighted by molar-refractivity contribution is -0.140. The van der Waals surface area contributed by atoms with Gasteiger partial charge in [-0.1, -0.05) is 12.1 Å². The van der Waals surface area contributed by atoms with Gasteiger partial charge in [-0.15, -0.1) is 0 Å². The Hall–Kier alpha value is -2.17. The van der Waals surface area contributed by atoms with Crippen LogP contribution in [0.2, 0.25) is 0 Å². The van der Waals surface area contributed by atoms with E-state index in [1.807, 2.05) is 0 Å². The van der Waals surface area contributed by atoms with Gasteiger partial charge in [-0.2, -0.15) is 0 Å². The summed E-state index contributed by atoms with van der Waals surface area (Å²) in [4.78, 5) is 33.6. The zero-order valence-electron chi connectivity index (χ0n) is 11.0. The summed E-state index contributed by atoms with van der Waals surface area (Å²) in [5.41, 5.74) is 1.28. The number of ether oxygens (including phenoxy) is 2. The summed E-state index contributed by atoms with van der Waals surface area (Å²) in [6, 6.07) is 4.83. The number of carbonyl (C=O) groups is 3. The maximum absolute atomic E-state index is 11.7. The number of hydrogen-bond acceptors (Lipinski definition) is 5. The van der Waals surface area contributed by atoms with E-state index < -0.39 is 5.97 Å². The van der Waals surface area contributed by atoms with Crippen molar-refractivity contribution < 1.29 is 23.9 Å². The Labute approximate surface area is 111 Å². The van der Waals surface area contributed by atoms with E-state index in [1.165, 1.54) is 7.11 Å². The number of aldehydes is 1. The summed E-state index contributed by atoms with van der Waals surface area (Å²) >= 11 is 0. The molecule has 0 aromatic heterocycles. The van der Waals surface area contributed by atoms with Gasteiger partial charge >= 0.3 is 11.9 Å². The minimum atomic E-state index is -0.537. The van der Waals surface area contributed by atoms with Gasteiger partial charge in [0, 0.05) is 12.0 Å². The molecule has 1 aromatic carbocycles. The third-order valence-electron chi connectivity index (χ3n) is 2.59. The van der Waals surface area contributed by atoms with Gasteiger partial charge in [0.1, 0.15) is 0 Å². The lowest BCUT2D eigenvalue weighted by Crippen LogP contribution is -2.09. The molecule has 0 amide bonds. The first-order valence-corrected chi connectivity index (χ1v) is 5.94. The van der Waals surface area contributed by atoms with Crippen molar-refractivity contribution >= 4 is 18.2 Å². The lowest BCUT2D eigenvalue weighted by Gasteiger charge is -2.07. The van der Waals surface area contributed by atoms with Crippen molar-refractivity contribution in [3.8, 4) is 0 Å². The Morgan fingerprint density at radius 3 is 2.63 bits per heavy atom. The molecule has 0 aliphatic heterocycles. The van der Waals surface area contributed by atoms with E-state index in [4.69, 9.17) is 4.74 Å². The molecule has 5 heteroatoms. The second-order valence-corrected chi connectivity index (χ2v) is 3.84. The number of benzene rings is 1. The Balaban J connectivity index is 2.91. The molecule has 19 heavy (non-hydrogen) atoms. The largest absolute Gasteiger partial charge is 0.469 e. The second-order valence-electron chi connectivity index (χ2n) is 3.84. The maximum Gasteiger partial charge on any atom is 0.338 e. The molecule has 102 valence electrons. The molecular weight excluding hydrogens is 248 g/mol. The molecule has 0 saturated carbocycles. The van der Waals surface area contributed by atoms with Crippen molar-refractivity contribution in [1.29, 1.82) is 0 Å².